The molecule has 0 amide bonds. The molecule has 0 aliphatic carbocycles. The van der Waals surface area contributed by atoms with Crippen molar-refractivity contribution in [3.63, 3.8) is 0 Å². The van der Waals surface area contributed by atoms with Crippen molar-refractivity contribution in [2.45, 2.75) is 31.6 Å². The Balaban J connectivity index is 2.37. The largest absolute Gasteiger partial charge is 0.299 e. The first-order valence-electron chi connectivity index (χ1n) is 5.52. The lowest BCUT2D eigenvalue weighted by Crippen LogP contribution is -2.07. The molecule has 0 aliphatic heterocycles. The Morgan fingerprint density at radius 3 is 2.88 bits per heavy atom. The van der Waals surface area contributed by atoms with Gasteiger partial charge in [-0.05, 0) is 24.1 Å². The Labute approximate surface area is 100 Å². The number of rotatable bonds is 6. The number of hydrogen-bond donors (Lipinski definition) is 0. The van der Waals surface area contributed by atoms with Gasteiger partial charge in [0, 0.05) is 11.3 Å². The molecule has 1 aromatic rings. The maximum atomic E-state index is 12.9. The fourth-order valence-electron chi connectivity index (χ4n) is 1.31. The lowest BCUT2D eigenvalue weighted by Gasteiger charge is -2.06. The predicted molar refractivity (Wildman–Crippen MR) is 66.2 cm³/mol. The van der Waals surface area contributed by atoms with Crippen molar-refractivity contribution in [3.05, 3.63) is 30.1 Å². The number of carbonyl (C=O) groups excluding carboxylic acids is 1. The van der Waals surface area contributed by atoms with E-state index in [4.69, 9.17) is 0 Å². The second kappa shape index (κ2) is 6.69. The van der Waals surface area contributed by atoms with Gasteiger partial charge in [-0.2, -0.15) is 0 Å². The van der Waals surface area contributed by atoms with Gasteiger partial charge < -0.3 is 0 Å². The first-order chi connectivity index (χ1) is 7.61. The predicted octanol–water partition coefficient (Wildman–Crippen LogP) is 3.92. The lowest BCUT2D eigenvalue weighted by molar-refractivity contribution is -0.117. The highest BCUT2D eigenvalue weighted by molar-refractivity contribution is 8.00. The zero-order valence-corrected chi connectivity index (χ0v) is 10.5. The van der Waals surface area contributed by atoms with Crippen LogP contribution < -0.4 is 0 Å². The van der Waals surface area contributed by atoms with E-state index in [1.54, 1.807) is 6.07 Å². The third-order valence-corrected chi connectivity index (χ3v) is 3.52. The molecule has 1 atom stereocenters. The fourth-order valence-corrected chi connectivity index (χ4v) is 2.13. The molecule has 0 spiro atoms. The quantitative estimate of drug-likeness (QED) is 0.701. The number of thioether (sulfide) groups is 1. The van der Waals surface area contributed by atoms with Crippen molar-refractivity contribution >= 4 is 17.5 Å². The van der Waals surface area contributed by atoms with Crippen LogP contribution in [-0.2, 0) is 4.79 Å². The SMILES string of the molecule is CCC(C)CC(=O)CSc1cccc(F)c1. The summed E-state index contributed by atoms with van der Waals surface area (Å²) in [6, 6.07) is 6.35. The van der Waals surface area contributed by atoms with Crippen LogP contribution in [-0.4, -0.2) is 11.5 Å². The molecule has 1 rings (SSSR count). The van der Waals surface area contributed by atoms with Gasteiger partial charge in [-0.15, -0.1) is 11.8 Å². The highest BCUT2D eigenvalue weighted by Crippen LogP contribution is 2.20. The zero-order valence-electron chi connectivity index (χ0n) is 9.70. The molecule has 1 nitrogen and oxygen atoms in total. The van der Waals surface area contributed by atoms with Crippen LogP contribution in [0.3, 0.4) is 0 Å². The summed E-state index contributed by atoms with van der Waals surface area (Å²) in [6.07, 6.45) is 1.65. The minimum atomic E-state index is -0.251. The number of ketones is 1. The Kier molecular flexibility index (Phi) is 5.53. The van der Waals surface area contributed by atoms with E-state index in [-0.39, 0.29) is 11.6 Å². The number of halogens is 1. The summed E-state index contributed by atoms with van der Waals surface area (Å²) in [6.45, 7) is 4.16. The van der Waals surface area contributed by atoms with Gasteiger partial charge in [0.2, 0.25) is 0 Å². The molecule has 1 aromatic carbocycles. The van der Waals surface area contributed by atoms with Crippen molar-refractivity contribution < 1.29 is 9.18 Å². The molecule has 16 heavy (non-hydrogen) atoms. The highest BCUT2D eigenvalue weighted by Gasteiger charge is 2.08. The summed E-state index contributed by atoms with van der Waals surface area (Å²) in [7, 11) is 0. The Bertz CT molecular complexity index is 352. The van der Waals surface area contributed by atoms with Gasteiger partial charge in [0.15, 0.2) is 0 Å². The molecule has 0 radical (unpaired) electrons. The van der Waals surface area contributed by atoms with Gasteiger partial charge in [0.05, 0.1) is 5.75 Å². The van der Waals surface area contributed by atoms with Crippen LogP contribution in [0, 0.1) is 11.7 Å². The van der Waals surface area contributed by atoms with E-state index in [9.17, 15) is 9.18 Å². The lowest BCUT2D eigenvalue weighted by atomic mass is 10.0. The smallest absolute Gasteiger partial charge is 0.143 e. The fraction of sp³-hybridized carbons (Fsp3) is 0.462. The molecule has 0 fully saturated rings. The maximum Gasteiger partial charge on any atom is 0.143 e. The van der Waals surface area contributed by atoms with Crippen molar-refractivity contribution in [2.75, 3.05) is 5.75 Å². The van der Waals surface area contributed by atoms with Gasteiger partial charge in [0.1, 0.15) is 11.6 Å². The van der Waals surface area contributed by atoms with Gasteiger partial charge in [-0.3, -0.25) is 4.79 Å². The molecule has 88 valence electrons. The van der Waals surface area contributed by atoms with Crippen molar-refractivity contribution in [3.8, 4) is 0 Å². The van der Waals surface area contributed by atoms with Crippen LogP contribution >= 0.6 is 11.8 Å². The summed E-state index contributed by atoms with van der Waals surface area (Å²) in [5.74, 6) is 0.872. The maximum absolute atomic E-state index is 12.9. The van der Waals surface area contributed by atoms with Gasteiger partial charge in [-0.25, -0.2) is 4.39 Å². The van der Waals surface area contributed by atoms with Crippen LogP contribution in [0.1, 0.15) is 26.7 Å². The second-order valence-electron chi connectivity index (χ2n) is 4.00. The highest BCUT2D eigenvalue weighted by atomic mass is 32.2. The third kappa shape index (κ3) is 4.79. The van der Waals surface area contributed by atoms with Crippen LogP contribution in [0.25, 0.3) is 0 Å². The Morgan fingerprint density at radius 1 is 1.50 bits per heavy atom. The number of carbonyl (C=O) groups is 1. The standard InChI is InChI=1S/C13H17FOS/c1-3-10(2)7-12(15)9-16-13-6-4-5-11(14)8-13/h4-6,8,10H,3,7,9H2,1-2H3. The molecular weight excluding hydrogens is 223 g/mol. The number of hydrogen-bond acceptors (Lipinski definition) is 2. The summed E-state index contributed by atoms with van der Waals surface area (Å²) in [5, 5.41) is 0. The summed E-state index contributed by atoms with van der Waals surface area (Å²) < 4.78 is 12.9. The second-order valence-corrected chi connectivity index (χ2v) is 5.05. The summed E-state index contributed by atoms with van der Waals surface area (Å²) in [5.41, 5.74) is 0. The van der Waals surface area contributed by atoms with E-state index >= 15 is 0 Å². The molecule has 0 saturated heterocycles. The van der Waals surface area contributed by atoms with Gasteiger partial charge in [-0.1, -0.05) is 26.3 Å². The van der Waals surface area contributed by atoms with Crippen LogP contribution in [0.5, 0.6) is 0 Å². The molecule has 0 bridgehead atoms. The van der Waals surface area contributed by atoms with Crippen LogP contribution in [0.2, 0.25) is 0 Å². The average molecular weight is 240 g/mol. The van der Waals surface area contributed by atoms with Crippen LogP contribution in [0.15, 0.2) is 29.2 Å². The molecule has 0 aromatic heterocycles. The topological polar surface area (TPSA) is 17.1 Å². The molecule has 0 N–H and O–H groups in total. The van der Waals surface area contributed by atoms with Gasteiger partial charge in [0.25, 0.3) is 0 Å². The van der Waals surface area contributed by atoms with E-state index in [1.807, 2.05) is 6.07 Å². The minimum Gasteiger partial charge on any atom is -0.299 e. The van der Waals surface area contributed by atoms with Crippen molar-refractivity contribution in [1.82, 2.24) is 0 Å². The number of Topliss-reactive ketones (excluding diaryl/α,β-unsaturated/α-hetero) is 1. The summed E-state index contributed by atoms with van der Waals surface area (Å²) >= 11 is 1.41. The van der Waals surface area contributed by atoms with Crippen molar-refractivity contribution in [2.24, 2.45) is 5.92 Å². The number of benzene rings is 1. The van der Waals surface area contributed by atoms with E-state index in [0.717, 1.165) is 11.3 Å². The van der Waals surface area contributed by atoms with E-state index < -0.39 is 0 Å². The molecule has 0 aliphatic rings. The first kappa shape index (κ1) is 13.2. The Hall–Kier alpha value is -0.830. The van der Waals surface area contributed by atoms with E-state index in [1.165, 1.54) is 23.9 Å². The normalized spacial score (nSPS) is 12.4. The van der Waals surface area contributed by atoms with E-state index in [0.29, 0.717) is 18.1 Å². The average Bonchev–Trinajstić information content (AvgIpc) is 2.26. The monoisotopic (exact) mass is 240 g/mol. The molecular formula is C13H17FOS. The van der Waals surface area contributed by atoms with E-state index in [2.05, 4.69) is 13.8 Å². The third-order valence-electron chi connectivity index (χ3n) is 2.47. The molecule has 1 unspecified atom stereocenters. The Morgan fingerprint density at radius 2 is 2.25 bits per heavy atom. The molecule has 3 heteroatoms. The minimum absolute atomic E-state index is 0.239. The zero-order chi connectivity index (χ0) is 12.0. The van der Waals surface area contributed by atoms with Gasteiger partial charge >= 0.3 is 0 Å². The first-order valence-corrected chi connectivity index (χ1v) is 6.50. The molecule has 0 saturated carbocycles. The summed E-state index contributed by atoms with van der Waals surface area (Å²) in [4.78, 5) is 12.4. The van der Waals surface area contributed by atoms with Crippen LogP contribution in [0.4, 0.5) is 4.39 Å². The molecule has 0 heterocycles. The van der Waals surface area contributed by atoms with Crippen molar-refractivity contribution in [1.29, 1.82) is 0 Å².